The van der Waals surface area contributed by atoms with E-state index < -0.39 is 23.7 Å². The van der Waals surface area contributed by atoms with Gasteiger partial charge >= 0.3 is 0 Å². The predicted molar refractivity (Wildman–Crippen MR) is 223 cm³/mol. The largest absolute Gasteiger partial charge is 0.508 e. The molecule has 8 bridgehead atoms. The van der Waals surface area contributed by atoms with E-state index in [-0.39, 0.29) is 46.0 Å². The highest BCUT2D eigenvalue weighted by Gasteiger charge is 2.33. The Morgan fingerprint density at radius 2 is 0.429 bits per heavy atom. The Hall–Kier alpha value is -4.72. The molecule has 1 aliphatic rings. The summed E-state index contributed by atoms with van der Waals surface area (Å²) >= 11 is 0. The first-order valence-corrected chi connectivity index (χ1v) is 21.2. The summed E-state index contributed by atoms with van der Waals surface area (Å²) in [4.78, 5) is 0. The highest BCUT2D eigenvalue weighted by molar-refractivity contribution is 5.62. The summed E-state index contributed by atoms with van der Waals surface area (Å²) in [7, 11) is 0. The molecule has 0 amide bonds. The first-order valence-electron chi connectivity index (χ1n) is 21.2. The molecule has 0 saturated heterocycles. The molecule has 0 spiro atoms. The van der Waals surface area contributed by atoms with Crippen molar-refractivity contribution in [3.8, 4) is 46.0 Å². The highest BCUT2D eigenvalue weighted by atomic mass is 16.3. The maximum absolute atomic E-state index is 11.6. The normalized spacial score (nSPS) is 17.9. The highest BCUT2D eigenvalue weighted by Crippen LogP contribution is 2.52. The monoisotopic (exact) mass is 768 g/mol. The van der Waals surface area contributed by atoms with Gasteiger partial charge in [-0.1, -0.05) is 105 Å². The van der Waals surface area contributed by atoms with Crippen molar-refractivity contribution in [1.82, 2.24) is 0 Å². The van der Waals surface area contributed by atoms with Gasteiger partial charge in [-0.05, 0) is 49.9 Å². The number of hydrogen-bond donors (Lipinski definition) is 8. The molecule has 0 aromatic heterocycles. The molecule has 8 nitrogen and oxygen atoms in total. The van der Waals surface area contributed by atoms with E-state index in [9.17, 15) is 40.9 Å². The molecule has 0 fully saturated rings. The minimum atomic E-state index is -0.531. The van der Waals surface area contributed by atoms with Gasteiger partial charge in [0.1, 0.15) is 46.0 Å². The lowest BCUT2D eigenvalue weighted by molar-refractivity contribution is 0.419. The number of hydrogen-bond acceptors (Lipinski definition) is 8. The lowest BCUT2D eigenvalue weighted by Crippen LogP contribution is -2.11. The summed E-state index contributed by atoms with van der Waals surface area (Å²) in [6.07, 6.45) is 12.9. The van der Waals surface area contributed by atoms with Gasteiger partial charge in [-0.2, -0.15) is 0 Å². The molecular formula is C48H64O8. The zero-order valence-electron chi connectivity index (χ0n) is 33.8. The summed E-state index contributed by atoms with van der Waals surface area (Å²) in [6.45, 7) is 8.44. The number of rotatable bonds is 16. The quantitative estimate of drug-likeness (QED) is 0.0522. The summed E-state index contributed by atoms with van der Waals surface area (Å²) < 4.78 is 0. The molecule has 0 heterocycles. The third-order valence-electron chi connectivity index (χ3n) is 12.1. The van der Waals surface area contributed by atoms with Crippen LogP contribution in [-0.2, 0) is 0 Å². The maximum Gasteiger partial charge on any atom is 0.123 e. The standard InChI is InChI=1S/C48H64O8/c1-5-9-13-17-29-33-21-35(43(51)25-41(33)49)30(18-14-10-6-2)37-23-39(47(55)27-45(37)53)32(20-16-12-8-4)40-24-38(46(54)28-48(40)56)31(19-15-11-7-3)36-22-34(29)42(50)26-44(36)52/h21-32,49-56H,5-20H2,1-4H3. The Morgan fingerprint density at radius 1 is 0.268 bits per heavy atom. The third kappa shape index (κ3) is 9.28. The summed E-state index contributed by atoms with van der Waals surface area (Å²) in [6, 6.07) is 12.6. The second-order valence-electron chi connectivity index (χ2n) is 16.1. The molecule has 0 aliphatic heterocycles. The van der Waals surface area contributed by atoms with E-state index in [1.807, 2.05) is 0 Å². The molecule has 0 radical (unpaired) electrons. The number of phenols is 8. The summed E-state index contributed by atoms with van der Waals surface area (Å²) in [5.41, 5.74) is 4.12. The van der Waals surface area contributed by atoms with E-state index in [0.29, 0.717) is 70.2 Å². The Labute approximate surface area is 333 Å². The van der Waals surface area contributed by atoms with Crippen molar-refractivity contribution >= 4 is 0 Å². The average Bonchev–Trinajstić information content (AvgIpc) is 3.15. The van der Waals surface area contributed by atoms with E-state index in [1.165, 1.54) is 24.3 Å². The smallest absolute Gasteiger partial charge is 0.123 e. The second kappa shape index (κ2) is 19.4. The average molecular weight is 769 g/mol. The first-order chi connectivity index (χ1) is 26.9. The van der Waals surface area contributed by atoms with Gasteiger partial charge in [0.15, 0.2) is 0 Å². The Bertz CT molecular complexity index is 1550. The van der Waals surface area contributed by atoms with Crippen molar-refractivity contribution in [1.29, 1.82) is 0 Å². The number of benzene rings is 4. The van der Waals surface area contributed by atoms with Gasteiger partial charge in [-0.25, -0.2) is 0 Å². The van der Waals surface area contributed by atoms with Crippen molar-refractivity contribution in [3.05, 3.63) is 93.0 Å². The van der Waals surface area contributed by atoms with Crippen molar-refractivity contribution in [2.45, 2.75) is 154 Å². The van der Waals surface area contributed by atoms with Crippen LogP contribution in [0.25, 0.3) is 0 Å². The van der Waals surface area contributed by atoms with Crippen LogP contribution in [0.3, 0.4) is 0 Å². The number of unbranched alkanes of at least 4 members (excludes halogenated alkanes) is 8. The Balaban J connectivity index is 1.93. The lowest BCUT2D eigenvalue weighted by Gasteiger charge is -2.29. The third-order valence-corrected chi connectivity index (χ3v) is 12.1. The molecule has 4 aromatic carbocycles. The first kappa shape index (κ1) is 42.4. The molecule has 8 heteroatoms. The zero-order valence-corrected chi connectivity index (χ0v) is 33.8. The van der Waals surface area contributed by atoms with Gasteiger partial charge in [-0.3, -0.25) is 0 Å². The molecular weight excluding hydrogens is 705 g/mol. The Morgan fingerprint density at radius 3 is 0.571 bits per heavy atom. The number of fused-ring (bicyclic) bond motifs is 8. The fourth-order valence-corrected chi connectivity index (χ4v) is 8.99. The van der Waals surface area contributed by atoms with E-state index in [4.69, 9.17) is 0 Å². The van der Waals surface area contributed by atoms with Crippen molar-refractivity contribution in [3.63, 3.8) is 0 Å². The second-order valence-corrected chi connectivity index (χ2v) is 16.1. The minimum absolute atomic E-state index is 0.123. The summed E-state index contributed by atoms with van der Waals surface area (Å²) in [5.74, 6) is -3.11. The zero-order chi connectivity index (χ0) is 40.5. The van der Waals surface area contributed by atoms with Gasteiger partial charge in [-0.15, -0.1) is 0 Å². The van der Waals surface area contributed by atoms with Gasteiger partial charge < -0.3 is 40.9 Å². The van der Waals surface area contributed by atoms with Gasteiger partial charge in [0.05, 0.1) is 0 Å². The van der Waals surface area contributed by atoms with Gasteiger partial charge in [0.25, 0.3) is 0 Å². The van der Waals surface area contributed by atoms with Crippen molar-refractivity contribution in [2.75, 3.05) is 0 Å². The molecule has 304 valence electrons. The van der Waals surface area contributed by atoms with E-state index in [0.717, 1.165) is 77.0 Å². The fourth-order valence-electron chi connectivity index (χ4n) is 8.99. The van der Waals surface area contributed by atoms with Crippen LogP contribution < -0.4 is 0 Å². The number of aromatic hydroxyl groups is 8. The van der Waals surface area contributed by atoms with Gasteiger partial charge in [0, 0.05) is 92.4 Å². The van der Waals surface area contributed by atoms with Crippen LogP contribution in [-0.4, -0.2) is 40.9 Å². The summed E-state index contributed by atoms with van der Waals surface area (Å²) in [5, 5.41) is 93.0. The van der Waals surface area contributed by atoms with Crippen LogP contribution >= 0.6 is 0 Å². The van der Waals surface area contributed by atoms with Crippen molar-refractivity contribution < 1.29 is 40.9 Å². The van der Waals surface area contributed by atoms with Crippen LogP contribution in [0.5, 0.6) is 46.0 Å². The van der Waals surface area contributed by atoms with E-state index in [1.54, 1.807) is 24.3 Å². The molecule has 4 aromatic rings. The van der Waals surface area contributed by atoms with Crippen LogP contribution in [0.2, 0.25) is 0 Å². The van der Waals surface area contributed by atoms with Crippen molar-refractivity contribution in [2.24, 2.45) is 0 Å². The van der Waals surface area contributed by atoms with Crippen LogP contribution in [0.4, 0.5) is 0 Å². The molecule has 0 unspecified atom stereocenters. The predicted octanol–water partition coefficient (Wildman–Crippen LogP) is 12.5. The molecule has 8 N–H and O–H groups in total. The molecule has 0 atom stereocenters. The molecule has 1 aliphatic carbocycles. The van der Waals surface area contributed by atoms with Crippen LogP contribution in [0.15, 0.2) is 48.5 Å². The lowest BCUT2D eigenvalue weighted by atomic mass is 9.76. The number of phenolic OH excluding ortho intramolecular Hbond substituents is 8. The molecule has 0 saturated carbocycles. The Kier molecular flexibility index (Phi) is 14.7. The molecule has 56 heavy (non-hydrogen) atoms. The van der Waals surface area contributed by atoms with Crippen LogP contribution in [0.1, 0.15) is 199 Å². The SMILES string of the molecule is CCCCCC1c2cc(c(O)cc2O)C(CCCCC)c2cc(c(O)cc2O)C(CCCCC)c2cc(c(O)cc2O)C(CCCCC)c2cc1c(O)cc2O. The molecule has 5 rings (SSSR count). The maximum atomic E-state index is 11.6. The fraction of sp³-hybridized carbons (Fsp3) is 0.500. The van der Waals surface area contributed by atoms with E-state index in [2.05, 4.69) is 27.7 Å². The van der Waals surface area contributed by atoms with E-state index >= 15 is 0 Å². The topological polar surface area (TPSA) is 162 Å². The van der Waals surface area contributed by atoms with Gasteiger partial charge in [0.2, 0.25) is 0 Å². The van der Waals surface area contributed by atoms with Crippen LogP contribution in [0, 0.1) is 0 Å². The minimum Gasteiger partial charge on any atom is -0.508 e.